The maximum atomic E-state index is 11.6. The minimum atomic E-state index is -0.260. The minimum Gasteiger partial charge on any atom is -0.362 e. The van der Waals surface area contributed by atoms with E-state index in [4.69, 9.17) is 11.6 Å². The molecule has 9 heteroatoms. The molecule has 19 heavy (non-hydrogen) atoms. The quantitative estimate of drug-likeness (QED) is 0.713. The van der Waals surface area contributed by atoms with Crippen LogP contribution in [0, 0.1) is 0 Å². The van der Waals surface area contributed by atoms with E-state index in [1.807, 2.05) is 5.38 Å². The van der Waals surface area contributed by atoms with Gasteiger partial charge in [0.2, 0.25) is 5.28 Å². The van der Waals surface area contributed by atoms with E-state index < -0.39 is 0 Å². The molecule has 0 atom stereocenters. The Balaban J connectivity index is 2.04. The number of imidazole rings is 1. The third-order valence-electron chi connectivity index (χ3n) is 2.61. The van der Waals surface area contributed by atoms with Crippen molar-refractivity contribution < 1.29 is 0 Å². The number of H-pyrrole nitrogens is 1. The zero-order valence-electron chi connectivity index (χ0n) is 9.85. The fraction of sp³-hybridized carbons (Fsp3) is 0.200. The predicted octanol–water partition coefficient (Wildman–Crippen LogP) is 1.38. The molecule has 3 rings (SSSR count). The SMILES string of the molecule is Cn1c(=O)[nH]c2nc(Cl)nc(NCc3nccs3)c21. The molecular weight excluding hydrogens is 288 g/mol. The molecule has 2 N–H and O–H groups in total. The van der Waals surface area contributed by atoms with Crippen LogP contribution in [0.3, 0.4) is 0 Å². The van der Waals surface area contributed by atoms with Crippen molar-refractivity contribution in [2.24, 2.45) is 7.05 Å². The van der Waals surface area contributed by atoms with Crippen LogP contribution in [0.1, 0.15) is 5.01 Å². The smallest absolute Gasteiger partial charge is 0.327 e. The van der Waals surface area contributed by atoms with Crippen molar-refractivity contribution in [3.8, 4) is 0 Å². The number of thiazole rings is 1. The molecule has 3 aromatic heterocycles. The Hall–Kier alpha value is -1.93. The molecular formula is C10H9ClN6OS. The summed E-state index contributed by atoms with van der Waals surface area (Å²) < 4.78 is 1.44. The number of rotatable bonds is 3. The van der Waals surface area contributed by atoms with Crippen molar-refractivity contribution in [3.05, 3.63) is 32.4 Å². The van der Waals surface area contributed by atoms with Gasteiger partial charge in [0.1, 0.15) is 10.5 Å². The standard InChI is InChI=1S/C10H9ClN6OS/c1-17-6-7(13-4-5-12-2-3-19-5)14-9(11)15-8(6)16-10(17)18/h2-3H,4H2,1H3,(H2,13,14,15,16,18). The highest BCUT2D eigenvalue weighted by Crippen LogP contribution is 2.20. The van der Waals surface area contributed by atoms with Crippen LogP contribution < -0.4 is 11.0 Å². The van der Waals surface area contributed by atoms with Gasteiger partial charge in [-0.15, -0.1) is 11.3 Å². The average molecular weight is 297 g/mol. The van der Waals surface area contributed by atoms with Crippen LogP contribution >= 0.6 is 22.9 Å². The second kappa shape index (κ2) is 4.63. The van der Waals surface area contributed by atoms with E-state index in [-0.39, 0.29) is 11.0 Å². The lowest BCUT2D eigenvalue weighted by Crippen LogP contribution is -2.13. The Labute approximate surface area is 116 Å². The van der Waals surface area contributed by atoms with E-state index in [0.717, 1.165) is 5.01 Å². The van der Waals surface area contributed by atoms with Gasteiger partial charge in [-0.1, -0.05) is 0 Å². The molecule has 0 fully saturated rings. The molecule has 3 heterocycles. The van der Waals surface area contributed by atoms with E-state index >= 15 is 0 Å². The van der Waals surface area contributed by atoms with E-state index in [1.54, 1.807) is 13.2 Å². The first-order chi connectivity index (χ1) is 9.15. The third kappa shape index (κ3) is 2.20. The van der Waals surface area contributed by atoms with Crippen LogP contribution in [0.4, 0.5) is 5.82 Å². The Bertz CT molecular complexity index is 777. The molecule has 0 aliphatic carbocycles. The summed E-state index contributed by atoms with van der Waals surface area (Å²) in [6, 6.07) is 0. The zero-order valence-corrected chi connectivity index (χ0v) is 11.4. The van der Waals surface area contributed by atoms with Crippen molar-refractivity contribution in [2.75, 3.05) is 5.32 Å². The Kier molecular flexibility index (Phi) is 2.96. The molecule has 0 aliphatic rings. The summed E-state index contributed by atoms with van der Waals surface area (Å²) in [5.74, 6) is 0.506. The molecule has 98 valence electrons. The number of anilines is 1. The van der Waals surface area contributed by atoms with E-state index in [1.165, 1.54) is 15.9 Å². The summed E-state index contributed by atoms with van der Waals surface area (Å²) in [6.07, 6.45) is 1.73. The predicted molar refractivity (Wildman–Crippen MR) is 73.6 cm³/mol. The Morgan fingerprint density at radius 1 is 1.53 bits per heavy atom. The lowest BCUT2D eigenvalue weighted by atomic mass is 10.4. The molecule has 7 nitrogen and oxygen atoms in total. The first kappa shape index (κ1) is 12.1. The van der Waals surface area contributed by atoms with Gasteiger partial charge in [0.25, 0.3) is 0 Å². The number of aromatic nitrogens is 5. The lowest BCUT2D eigenvalue weighted by molar-refractivity contribution is 0.889. The maximum Gasteiger partial charge on any atom is 0.327 e. The number of nitrogens with one attached hydrogen (secondary N) is 2. The maximum absolute atomic E-state index is 11.6. The van der Waals surface area contributed by atoms with Crippen LogP contribution in [0.5, 0.6) is 0 Å². The summed E-state index contributed by atoms with van der Waals surface area (Å²) in [5, 5.41) is 6.01. The molecule has 0 radical (unpaired) electrons. The van der Waals surface area contributed by atoms with Gasteiger partial charge in [-0.25, -0.2) is 9.78 Å². The molecule has 0 saturated heterocycles. The number of fused-ring (bicyclic) bond motifs is 1. The van der Waals surface area contributed by atoms with Crippen molar-refractivity contribution in [1.29, 1.82) is 0 Å². The van der Waals surface area contributed by atoms with Gasteiger partial charge in [0, 0.05) is 18.6 Å². The van der Waals surface area contributed by atoms with Gasteiger partial charge in [-0.3, -0.25) is 9.55 Å². The summed E-state index contributed by atoms with van der Waals surface area (Å²) >= 11 is 7.37. The number of nitrogens with zero attached hydrogens (tertiary/aromatic N) is 4. The summed E-state index contributed by atoms with van der Waals surface area (Å²) in [5.41, 5.74) is 0.740. The fourth-order valence-electron chi connectivity index (χ4n) is 1.74. The van der Waals surface area contributed by atoms with E-state index in [2.05, 4.69) is 25.3 Å². The van der Waals surface area contributed by atoms with Gasteiger partial charge in [-0.05, 0) is 11.6 Å². The van der Waals surface area contributed by atoms with Crippen LogP contribution in [0.2, 0.25) is 5.28 Å². The second-order valence-corrected chi connectivity index (χ2v) is 5.12. The number of halogens is 1. The highest BCUT2D eigenvalue weighted by Gasteiger charge is 2.13. The highest BCUT2D eigenvalue weighted by atomic mass is 35.5. The normalized spacial score (nSPS) is 11.1. The number of hydrogen-bond acceptors (Lipinski definition) is 6. The van der Waals surface area contributed by atoms with Crippen LogP contribution in [-0.2, 0) is 13.6 Å². The molecule has 3 aromatic rings. The highest BCUT2D eigenvalue weighted by molar-refractivity contribution is 7.09. The largest absolute Gasteiger partial charge is 0.362 e. The fourth-order valence-corrected chi connectivity index (χ4v) is 2.47. The monoisotopic (exact) mass is 296 g/mol. The number of hydrogen-bond donors (Lipinski definition) is 2. The van der Waals surface area contributed by atoms with Crippen molar-refractivity contribution in [2.45, 2.75) is 6.54 Å². The summed E-state index contributed by atoms with van der Waals surface area (Å²) in [7, 11) is 1.65. The van der Waals surface area contributed by atoms with Gasteiger partial charge < -0.3 is 5.32 Å². The van der Waals surface area contributed by atoms with Gasteiger partial charge in [-0.2, -0.15) is 9.97 Å². The average Bonchev–Trinajstić information content (AvgIpc) is 2.96. The first-order valence-corrected chi connectivity index (χ1v) is 6.65. The van der Waals surface area contributed by atoms with E-state index in [0.29, 0.717) is 23.5 Å². The molecule has 0 unspecified atom stereocenters. The lowest BCUT2D eigenvalue weighted by Gasteiger charge is -2.06. The molecule has 0 saturated carbocycles. The van der Waals surface area contributed by atoms with Crippen LogP contribution in [0.25, 0.3) is 11.2 Å². The first-order valence-electron chi connectivity index (χ1n) is 5.39. The second-order valence-electron chi connectivity index (χ2n) is 3.81. The number of aromatic amines is 1. The third-order valence-corrected chi connectivity index (χ3v) is 3.56. The van der Waals surface area contributed by atoms with Gasteiger partial charge in [0.05, 0.1) is 6.54 Å². The summed E-state index contributed by atoms with van der Waals surface area (Å²) in [4.78, 5) is 26.5. The molecule has 0 bridgehead atoms. The number of aryl methyl sites for hydroxylation is 1. The van der Waals surface area contributed by atoms with Crippen LogP contribution in [-0.4, -0.2) is 24.5 Å². The molecule has 0 spiro atoms. The molecule has 0 amide bonds. The Morgan fingerprint density at radius 3 is 3.11 bits per heavy atom. The summed E-state index contributed by atoms with van der Waals surface area (Å²) in [6.45, 7) is 0.513. The van der Waals surface area contributed by atoms with Crippen molar-refractivity contribution >= 4 is 39.9 Å². The van der Waals surface area contributed by atoms with Crippen LogP contribution in [0.15, 0.2) is 16.4 Å². The molecule has 0 aliphatic heterocycles. The van der Waals surface area contributed by atoms with Crippen molar-refractivity contribution in [3.63, 3.8) is 0 Å². The molecule has 0 aromatic carbocycles. The van der Waals surface area contributed by atoms with Gasteiger partial charge in [0.15, 0.2) is 11.5 Å². The topological polar surface area (TPSA) is 88.5 Å². The Morgan fingerprint density at radius 2 is 2.37 bits per heavy atom. The zero-order chi connectivity index (χ0) is 13.4. The van der Waals surface area contributed by atoms with Crippen molar-refractivity contribution in [1.82, 2.24) is 24.5 Å². The van der Waals surface area contributed by atoms with Gasteiger partial charge >= 0.3 is 5.69 Å². The van der Waals surface area contributed by atoms with E-state index in [9.17, 15) is 4.79 Å². The minimum absolute atomic E-state index is 0.0796.